The van der Waals surface area contributed by atoms with Gasteiger partial charge >= 0.3 is 5.97 Å². The zero-order valence-electron chi connectivity index (χ0n) is 14.2. The molecule has 1 aliphatic carbocycles. The average Bonchev–Trinajstić information content (AvgIpc) is 2.37. The molecule has 1 rings (SSSR count). The monoisotopic (exact) mass is 299 g/mol. The molecule has 1 aliphatic rings. The van der Waals surface area contributed by atoms with Crippen molar-refractivity contribution in [1.29, 1.82) is 0 Å². The number of unbranched alkanes of at least 4 members (excludes halogenated alkanes) is 1. The zero-order chi connectivity index (χ0) is 15.9. The van der Waals surface area contributed by atoms with Crippen LogP contribution in [0.3, 0.4) is 0 Å². The minimum atomic E-state index is -0.826. The predicted octanol–water partition coefficient (Wildman–Crippen LogP) is 3.59. The summed E-state index contributed by atoms with van der Waals surface area (Å²) in [6.07, 6.45) is 7.86. The van der Waals surface area contributed by atoms with Crippen LogP contribution in [0, 0.1) is 5.92 Å². The van der Waals surface area contributed by atoms with E-state index in [4.69, 9.17) is 4.74 Å². The highest BCUT2D eigenvalue weighted by Gasteiger charge is 2.32. The fraction of sp³-hybridized carbons (Fsp3) is 0.941. The molecule has 3 atom stereocenters. The first-order valence-electron chi connectivity index (χ1n) is 8.46. The summed E-state index contributed by atoms with van der Waals surface area (Å²) in [6.45, 7) is 8.79. The molecule has 124 valence electrons. The molecule has 0 aliphatic heterocycles. The summed E-state index contributed by atoms with van der Waals surface area (Å²) >= 11 is 0. The molecule has 4 heteroatoms. The number of carboxylic acids is 1. The van der Waals surface area contributed by atoms with Crippen molar-refractivity contribution in [2.24, 2.45) is 5.92 Å². The Hall–Kier alpha value is -0.610. The maximum absolute atomic E-state index is 11.4. The second kappa shape index (κ2) is 8.74. The maximum Gasteiger partial charge on any atom is 0.323 e. The maximum atomic E-state index is 11.4. The standard InChI is InChI=1S/C17H33NO3/c1-13(2)18-17(4,16(19)20)10-5-6-11-21-15-9-7-8-14(3)12-15/h13-15,18H,5-12H2,1-4H3,(H,19,20). The molecule has 2 N–H and O–H groups in total. The van der Waals surface area contributed by atoms with Gasteiger partial charge in [-0.3, -0.25) is 10.1 Å². The molecule has 0 spiro atoms. The topological polar surface area (TPSA) is 58.6 Å². The molecule has 0 aromatic rings. The third kappa shape index (κ3) is 6.79. The molecular formula is C17H33NO3. The third-order valence-corrected chi connectivity index (χ3v) is 4.39. The van der Waals surface area contributed by atoms with E-state index in [9.17, 15) is 9.90 Å². The first-order chi connectivity index (χ1) is 9.83. The number of carbonyl (C=O) groups is 1. The Morgan fingerprint density at radius 3 is 2.67 bits per heavy atom. The molecule has 0 saturated heterocycles. The fourth-order valence-electron chi connectivity index (χ4n) is 3.24. The molecule has 0 aromatic carbocycles. The Morgan fingerprint density at radius 2 is 2.10 bits per heavy atom. The average molecular weight is 299 g/mol. The smallest absolute Gasteiger partial charge is 0.323 e. The lowest BCUT2D eigenvalue weighted by atomic mass is 9.89. The van der Waals surface area contributed by atoms with Gasteiger partial charge < -0.3 is 9.84 Å². The Kier molecular flexibility index (Phi) is 7.67. The van der Waals surface area contributed by atoms with Crippen LogP contribution < -0.4 is 5.32 Å². The van der Waals surface area contributed by atoms with E-state index in [1.807, 2.05) is 13.8 Å². The number of rotatable bonds is 9. The molecule has 4 nitrogen and oxygen atoms in total. The normalized spacial score (nSPS) is 25.8. The van der Waals surface area contributed by atoms with Crippen molar-refractivity contribution < 1.29 is 14.6 Å². The molecule has 3 unspecified atom stereocenters. The minimum absolute atomic E-state index is 0.172. The number of hydrogen-bond acceptors (Lipinski definition) is 3. The summed E-state index contributed by atoms with van der Waals surface area (Å²) in [5.41, 5.74) is -0.826. The second-order valence-electron chi connectivity index (χ2n) is 7.16. The van der Waals surface area contributed by atoms with Crippen molar-refractivity contribution in [3.05, 3.63) is 0 Å². The van der Waals surface area contributed by atoms with Crippen molar-refractivity contribution in [2.45, 2.75) is 90.3 Å². The highest BCUT2D eigenvalue weighted by molar-refractivity contribution is 5.78. The minimum Gasteiger partial charge on any atom is -0.480 e. The van der Waals surface area contributed by atoms with Gasteiger partial charge in [-0.15, -0.1) is 0 Å². The molecule has 0 amide bonds. The van der Waals surface area contributed by atoms with Crippen molar-refractivity contribution in [3.63, 3.8) is 0 Å². The predicted molar refractivity (Wildman–Crippen MR) is 85.5 cm³/mol. The van der Waals surface area contributed by atoms with Crippen LogP contribution in [-0.4, -0.2) is 35.4 Å². The van der Waals surface area contributed by atoms with E-state index in [1.165, 1.54) is 25.7 Å². The van der Waals surface area contributed by atoms with Gasteiger partial charge in [0.2, 0.25) is 0 Å². The molecule has 0 radical (unpaired) electrons. The van der Waals surface area contributed by atoms with Crippen molar-refractivity contribution in [1.82, 2.24) is 5.32 Å². The number of ether oxygens (including phenoxy) is 1. The number of nitrogens with one attached hydrogen (secondary N) is 1. The molecule has 0 heterocycles. The molecule has 21 heavy (non-hydrogen) atoms. The summed E-state index contributed by atoms with van der Waals surface area (Å²) in [4.78, 5) is 11.4. The lowest BCUT2D eigenvalue weighted by molar-refractivity contribution is -0.144. The van der Waals surface area contributed by atoms with Gasteiger partial charge in [0, 0.05) is 12.6 Å². The first-order valence-corrected chi connectivity index (χ1v) is 8.46. The van der Waals surface area contributed by atoms with Gasteiger partial charge in [-0.05, 0) is 58.8 Å². The summed E-state index contributed by atoms with van der Waals surface area (Å²) in [6, 6.07) is 0.172. The van der Waals surface area contributed by atoms with Crippen LogP contribution in [0.4, 0.5) is 0 Å². The van der Waals surface area contributed by atoms with Crippen LogP contribution in [-0.2, 0) is 9.53 Å². The van der Waals surface area contributed by atoms with Gasteiger partial charge in [-0.2, -0.15) is 0 Å². The molecule has 1 fully saturated rings. The van der Waals surface area contributed by atoms with E-state index in [0.717, 1.165) is 25.4 Å². The van der Waals surface area contributed by atoms with Gasteiger partial charge in [0.1, 0.15) is 5.54 Å². The van der Waals surface area contributed by atoms with Gasteiger partial charge in [-0.25, -0.2) is 0 Å². The van der Waals surface area contributed by atoms with E-state index in [-0.39, 0.29) is 6.04 Å². The summed E-state index contributed by atoms with van der Waals surface area (Å²) in [5.74, 6) is 0.0208. The van der Waals surface area contributed by atoms with Gasteiger partial charge in [0.25, 0.3) is 0 Å². The third-order valence-electron chi connectivity index (χ3n) is 4.39. The number of hydrogen-bond donors (Lipinski definition) is 2. The Bertz CT molecular complexity index is 319. The quantitative estimate of drug-likeness (QED) is 0.639. The highest BCUT2D eigenvalue weighted by atomic mass is 16.5. The molecule has 0 bridgehead atoms. The molecule has 1 saturated carbocycles. The second-order valence-corrected chi connectivity index (χ2v) is 7.16. The lowest BCUT2D eigenvalue weighted by Crippen LogP contribution is -2.52. The van der Waals surface area contributed by atoms with E-state index in [1.54, 1.807) is 6.92 Å². The number of carboxylic acid groups (broad SMARTS) is 1. The van der Waals surface area contributed by atoms with Crippen molar-refractivity contribution in [2.75, 3.05) is 6.61 Å². The first kappa shape index (κ1) is 18.4. The van der Waals surface area contributed by atoms with Crippen LogP contribution in [0.15, 0.2) is 0 Å². The lowest BCUT2D eigenvalue weighted by Gasteiger charge is -2.29. The van der Waals surface area contributed by atoms with E-state index >= 15 is 0 Å². The van der Waals surface area contributed by atoms with E-state index in [0.29, 0.717) is 12.5 Å². The highest BCUT2D eigenvalue weighted by Crippen LogP contribution is 2.26. The summed E-state index contributed by atoms with van der Waals surface area (Å²) in [5, 5.41) is 12.5. The van der Waals surface area contributed by atoms with E-state index < -0.39 is 11.5 Å². The molecule has 0 aromatic heterocycles. The SMILES string of the molecule is CC1CCCC(OCCCCC(C)(NC(C)C)C(=O)O)C1. The van der Waals surface area contributed by atoms with Crippen LogP contribution in [0.25, 0.3) is 0 Å². The Morgan fingerprint density at radius 1 is 1.38 bits per heavy atom. The van der Waals surface area contributed by atoms with Gasteiger partial charge in [-0.1, -0.05) is 19.8 Å². The summed E-state index contributed by atoms with van der Waals surface area (Å²) in [7, 11) is 0. The van der Waals surface area contributed by atoms with Crippen LogP contribution >= 0.6 is 0 Å². The summed E-state index contributed by atoms with van der Waals surface area (Å²) < 4.78 is 5.94. The van der Waals surface area contributed by atoms with Crippen molar-refractivity contribution in [3.8, 4) is 0 Å². The van der Waals surface area contributed by atoms with Crippen LogP contribution in [0.5, 0.6) is 0 Å². The van der Waals surface area contributed by atoms with Gasteiger partial charge in [0.15, 0.2) is 0 Å². The number of aliphatic carboxylic acids is 1. The van der Waals surface area contributed by atoms with Crippen molar-refractivity contribution >= 4 is 5.97 Å². The van der Waals surface area contributed by atoms with Crippen LogP contribution in [0.2, 0.25) is 0 Å². The molecular weight excluding hydrogens is 266 g/mol. The fourth-order valence-corrected chi connectivity index (χ4v) is 3.24. The van der Waals surface area contributed by atoms with Gasteiger partial charge in [0.05, 0.1) is 6.10 Å². The largest absolute Gasteiger partial charge is 0.480 e. The van der Waals surface area contributed by atoms with E-state index in [2.05, 4.69) is 12.2 Å². The zero-order valence-corrected chi connectivity index (χ0v) is 14.2. The Balaban J connectivity index is 2.21. The van der Waals surface area contributed by atoms with Crippen LogP contribution in [0.1, 0.15) is 72.6 Å². The Labute approximate surface area is 129 Å².